The molecule has 0 heterocycles. The summed E-state index contributed by atoms with van der Waals surface area (Å²) in [7, 11) is 0. The molecule has 0 bridgehead atoms. The first-order valence-electron chi connectivity index (χ1n) is 5.88. The van der Waals surface area contributed by atoms with Crippen molar-refractivity contribution in [1.29, 1.82) is 0 Å². The van der Waals surface area contributed by atoms with Crippen LogP contribution in [-0.2, 0) is 6.42 Å². The Kier molecular flexibility index (Phi) is 5.02. The van der Waals surface area contributed by atoms with Gasteiger partial charge < -0.3 is 10.5 Å². The standard InChI is InChI=1S/C13H18F3NO/c1-9-6-11(5-3-4-10(2)17)8-12(7-9)18-13(14,15)16/h6-8,10H,3-5,17H2,1-2H3. The summed E-state index contributed by atoms with van der Waals surface area (Å²) in [5.41, 5.74) is 7.23. The largest absolute Gasteiger partial charge is 0.573 e. The van der Waals surface area contributed by atoms with Gasteiger partial charge in [-0.1, -0.05) is 6.07 Å². The lowest BCUT2D eigenvalue weighted by atomic mass is 10.0. The summed E-state index contributed by atoms with van der Waals surface area (Å²) in [4.78, 5) is 0. The third kappa shape index (κ3) is 5.91. The van der Waals surface area contributed by atoms with Crippen molar-refractivity contribution in [2.75, 3.05) is 0 Å². The second-order valence-corrected chi connectivity index (χ2v) is 4.57. The Balaban J connectivity index is 2.69. The summed E-state index contributed by atoms with van der Waals surface area (Å²) in [5.74, 6) is -0.154. The van der Waals surface area contributed by atoms with Crippen molar-refractivity contribution < 1.29 is 17.9 Å². The SMILES string of the molecule is Cc1cc(CCCC(C)N)cc(OC(F)(F)F)c1. The van der Waals surface area contributed by atoms with Gasteiger partial charge in [0.2, 0.25) is 0 Å². The molecular formula is C13H18F3NO. The van der Waals surface area contributed by atoms with Crippen LogP contribution < -0.4 is 10.5 Å². The van der Waals surface area contributed by atoms with Gasteiger partial charge in [0.05, 0.1) is 0 Å². The van der Waals surface area contributed by atoms with E-state index < -0.39 is 6.36 Å². The van der Waals surface area contributed by atoms with Gasteiger partial charge in [0.15, 0.2) is 0 Å². The smallest absolute Gasteiger partial charge is 0.406 e. The fourth-order valence-electron chi connectivity index (χ4n) is 1.79. The predicted octanol–water partition coefficient (Wildman–Crippen LogP) is 3.56. The van der Waals surface area contributed by atoms with Crippen LogP contribution >= 0.6 is 0 Å². The van der Waals surface area contributed by atoms with Crippen LogP contribution in [0.25, 0.3) is 0 Å². The van der Waals surface area contributed by atoms with Crippen molar-refractivity contribution in [1.82, 2.24) is 0 Å². The molecule has 0 aliphatic heterocycles. The highest BCUT2D eigenvalue weighted by Gasteiger charge is 2.31. The lowest BCUT2D eigenvalue weighted by molar-refractivity contribution is -0.274. The molecule has 1 unspecified atom stereocenters. The van der Waals surface area contributed by atoms with Crippen molar-refractivity contribution in [3.8, 4) is 5.75 Å². The fraction of sp³-hybridized carbons (Fsp3) is 0.538. The highest BCUT2D eigenvalue weighted by atomic mass is 19.4. The maximum Gasteiger partial charge on any atom is 0.573 e. The maximum atomic E-state index is 12.1. The minimum atomic E-state index is -4.64. The molecule has 2 N–H and O–H groups in total. The van der Waals surface area contributed by atoms with E-state index in [2.05, 4.69) is 4.74 Å². The summed E-state index contributed by atoms with van der Waals surface area (Å²) >= 11 is 0. The van der Waals surface area contributed by atoms with E-state index in [1.807, 2.05) is 13.0 Å². The van der Waals surface area contributed by atoms with Crippen LogP contribution in [0.1, 0.15) is 30.9 Å². The number of halogens is 3. The molecule has 1 aromatic carbocycles. The molecule has 5 heteroatoms. The van der Waals surface area contributed by atoms with Crippen LogP contribution in [0.2, 0.25) is 0 Å². The number of hydrogen-bond acceptors (Lipinski definition) is 2. The zero-order valence-electron chi connectivity index (χ0n) is 10.6. The minimum absolute atomic E-state index is 0.112. The average Bonchev–Trinajstić information content (AvgIpc) is 2.12. The summed E-state index contributed by atoms with van der Waals surface area (Å²) in [5, 5.41) is 0. The predicted molar refractivity (Wildman–Crippen MR) is 64.4 cm³/mol. The van der Waals surface area contributed by atoms with E-state index in [9.17, 15) is 13.2 Å². The quantitative estimate of drug-likeness (QED) is 0.879. The van der Waals surface area contributed by atoms with E-state index in [0.717, 1.165) is 24.0 Å². The Morgan fingerprint density at radius 1 is 1.28 bits per heavy atom. The highest BCUT2D eigenvalue weighted by Crippen LogP contribution is 2.25. The molecule has 1 rings (SSSR count). The van der Waals surface area contributed by atoms with Crippen molar-refractivity contribution in [3.05, 3.63) is 29.3 Å². The minimum Gasteiger partial charge on any atom is -0.406 e. The molecule has 0 aromatic heterocycles. The zero-order valence-corrected chi connectivity index (χ0v) is 10.6. The van der Waals surface area contributed by atoms with E-state index in [1.54, 1.807) is 6.92 Å². The van der Waals surface area contributed by atoms with Gasteiger partial charge in [-0.05, 0) is 56.4 Å². The van der Waals surface area contributed by atoms with Gasteiger partial charge >= 0.3 is 6.36 Å². The Hall–Kier alpha value is -1.23. The first-order valence-corrected chi connectivity index (χ1v) is 5.88. The molecule has 0 saturated heterocycles. The summed E-state index contributed by atoms with van der Waals surface area (Å²) in [6.07, 6.45) is -2.23. The molecule has 0 saturated carbocycles. The maximum absolute atomic E-state index is 12.1. The molecule has 18 heavy (non-hydrogen) atoms. The first-order chi connectivity index (χ1) is 8.26. The van der Waals surface area contributed by atoms with E-state index in [-0.39, 0.29) is 11.8 Å². The van der Waals surface area contributed by atoms with E-state index in [4.69, 9.17) is 5.73 Å². The molecule has 1 atom stereocenters. The Morgan fingerprint density at radius 3 is 2.50 bits per heavy atom. The third-order valence-corrected chi connectivity index (χ3v) is 2.47. The summed E-state index contributed by atoms with van der Waals surface area (Å²) in [6.45, 7) is 3.66. The Labute approximate surface area is 105 Å². The molecule has 102 valence electrons. The monoisotopic (exact) mass is 261 g/mol. The molecule has 0 amide bonds. The normalized spacial score (nSPS) is 13.4. The van der Waals surface area contributed by atoms with E-state index >= 15 is 0 Å². The van der Waals surface area contributed by atoms with Crippen LogP contribution in [0.15, 0.2) is 18.2 Å². The number of rotatable bonds is 5. The lowest BCUT2D eigenvalue weighted by Gasteiger charge is -2.12. The molecule has 2 nitrogen and oxygen atoms in total. The van der Waals surface area contributed by atoms with Gasteiger partial charge in [0.25, 0.3) is 0 Å². The van der Waals surface area contributed by atoms with Crippen LogP contribution in [-0.4, -0.2) is 12.4 Å². The first kappa shape index (κ1) is 14.8. The van der Waals surface area contributed by atoms with Crippen LogP contribution in [0.5, 0.6) is 5.75 Å². The van der Waals surface area contributed by atoms with E-state index in [0.29, 0.717) is 6.42 Å². The van der Waals surface area contributed by atoms with Crippen LogP contribution in [0.4, 0.5) is 13.2 Å². The molecule has 0 aliphatic carbocycles. The number of nitrogens with two attached hydrogens (primary N) is 1. The van der Waals surface area contributed by atoms with Crippen molar-refractivity contribution in [2.24, 2.45) is 5.73 Å². The van der Waals surface area contributed by atoms with Gasteiger partial charge in [-0.25, -0.2) is 0 Å². The third-order valence-electron chi connectivity index (χ3n) is 2.47. The molecule has 0 spiro atoms. The van der Waals surface area contributed by atoms with Gasteiger partial charge in [-0.3, -0.25) is 0 Å². The number of ether oxygens (including phenoxy) is 1. The highest BCUT2D eigenvalue weighted by molar-refractivity contribution is 5.34. The second kappa shape index (κ2) is 6.09. The van der Waals surface area contributed by atoms with Crippen molar-refractivity contribution in [2.45, 2.75) is 45.5 Å². The molecule has 1 aromatic rings. The zero-order chi connectivity index (χ0) is 13.8. The topological polar surface area (TPSA) is 35.2 Å². The van der Waals surface area contributed by atoms with Gasteiger partial charge in [-0.15, -0.1) is 13.2 Å². The van der Waals surface area contributed by atoms with Gasteiger partial charge in [0, 0.05) is 6.04 Å². The number of aryl methyl sites for hydroxylation is 2. The molecule has 0 fully saturated rings. The Morgan fingerprint density at radius 2 is 1.94 bits per heavy atom. The summed E-state index contributed by atoms with van der Waals surface area (Å²) in [6, 6.07) is 4.79. The number of benzene rings is 1. The molecule has 0 aliphatic rings. The molecular weight excluding hydrogens is 243 g/mol. The average molecular weight is 261 g/mol. The van der Waals surface area contributed by atoms with Gasteiger partial charge in [-0.2, -0.15) is 0 Å². The van der Waals surface area contributed by atoms with Gasteiger partial charge in [0.1, 0.15) is 5.75 Å². The summed E-state index contributed by atoms with van der Waals surface area (Å²) < 4.78 is 40.3. The number of hydrogen-bond donors (Lipinski definition) is 1. The van der Waals surface area contributed by atoms with Crippen molar-refractivity contribution in [3.63, 3.8) is 0 Å². The number of alkyl halides is 3. The second-order valence-electron chi connectivity index (χ2n) is 4.57. The Bertz CT molecular complexity index is 388. The lowest BCUT2D eigenvalue weighted by Crippen LogP contribution is -2.17. The van der Waals surface area contributed by atoms with Crippen LogP contribution in [0, 0.1) is 6.92 Å². The fourth-order valence-corrected chi connectivity index (χ4v) is 1.79. The molecule has 0 radical (unpaired) electrons. The van der Waals surface area contributed by atoms with E-state index in [1.165, 1.54) is 12.1 Å². The van der Waals surface area contributed by atoms with Crippen molar-refractivity contribution >= 4 is 0 Å². The van der Waals surface area contributed by atoms with Crippen LogP contribution in [0.3, 0.4) is 0 Å².